The van der Waals surface area contributed by atoms with E-state index >= 15 is 0 Å². The van der Waals surface area contributed by atoms with Crippen LogP contribution in [0.1, 0.15) is 25.8 Å². The molecule has 0 aliphatic carbocycles. The van der Waals surface area contributed by atoms with Crippen molar-refractivity contribution in [2.75, 3.05) is 0 Å². The molecule has 6 nitrogen and oxygen atoms in total. The molecule has 0 saturated heterocycles. The molecule has 0 aliphatic heterocycles. The Labute approximate surface area is 135 Å². The van der Waals surface area contributed by atoms with Crippen LogP contribution in [0.4, 0.5) is 0 Å². The van der Waals surface area contributed by atoms with Crippen LogP contribution in [0.3, 0.4) is 0 Å². The minimum atomic E-state index is -1.04. The van der Waals surface area contributed by atoms with Gasteiger partial charge in [-0.3, -0.25) is 4.79 Å². The van der Waals surface area contributed by atoms with Gasteiger partial charge in [-0.25, -0.2) is 4.79 Å². The molecule has 1 aromatic heterocycles. The molecule has 0 bridgehead atoms. The summed E-state index contributed by atoms with van der Waals surface area (Å²) in [6, 6.07) is 6.06. The van der Waals surface area contributed by atoms with Gasteiger partial charge in [0.2, 0.25) is 5.91 Å². The van der Waals surface area contributed by atoms with Crippen LogP contribution in [0, 0.1) is 5.92 Å². The molecular formula is C17H23N3O3. The highest BCUT2D eigenvalue weighted by Gasteiger charge is 2.27. The van der Waals surface area contributed by atoms with Crippen molar-refractivity contribution in [1.82, 2.24) is 10.3 Å². The van der Waals surface area contributed by atoms with E-state index in [0.29, 0.717) is 12.8 Å². The Balaban J connectivity index is 2.06. The first-order chi connectivity index (χ1) is 10.9. The molecule has 3 atom stereocenters. The van der Waals surface area contributed by atoms with Crippen LogP contribution in [-0.4, -0.2) is 34.1 Å². The zero-order chi connectivity index (χ0) is 17.0. The highest BCUT2D eigenvalue weighted by molar-refractivity contribution is 5.88. The third-order valence-corrected chi connectivity index (χ3v) is 4.23. The SMILES string of the molecule is CCC(C)C(NC(=O)C(N)Cc1c[nH]c2ccccc12)C(=O)O. The topological polar surface area (TPSA) is 108 Å². The summed E-state index contributed by atoms with van der Waals surface area (Å²) in [6.45, 7) is 3.68. The number of nitrogens with one attached hydrogen (secondary N) is 2. The van der Waals surface area contributed by atoms with E-state index in [4.69, 9.17) is 5.73 Å². The summed E-state index contributed by atoms with van der Waals surface area (Å²) >= 11 is 0. The first-order valence-corrected chi connectivity index (χ1v) is 7.77. The molecule has 2 aromatic rings. The maximum Gasteiger partial charge on any atom is 0.326 e. The van der Waals surface area contributed by atoms with Crippen LogP contribution < -0.4 is 11.1 Å². The largest absolute Gasteiger partial charge is 0.480 e. The number of carbonyl (C=O) groups is 2. The van der Waals surface area contributed by atoms with Crippen molar-refractivity contribution in [1.29, 1.82) is 0 Å². The molecule has 1 heterocycles. The molecule has 124 valence electrons. The number of amides is 1. The Morgan fingerprint density at radius 2 is 2.04 bits per heavy atom. The summed E-state index contributed by atoms with van der Waals surface area (Å²) in [5.74, 6) is -1.63. The number of carbonyl (C=O) groups excluding carboxylic acids is 1. The van der Waals surface area contributed by atoms with Gasteiger partial charge in [-0.1, -0.05) is 38.5 Å². The fourth-order valence-corrected chi connectivity index (χ4v) is 2.57. The molecule has 0 fully saturated rings. The number of carboxylic acid groups (broad SMARTS) is 1. The lowest BCUT2D eigenvalue weighted by Gasteiger charge is -2.22. The van der Waals surface area contributed by atoms with Gasteiger partial charge in [0.15, 0.2) is 0 Å². The Morgan fingerprint density at radius 3 is 2.70 bits per heavy atom. The highest BCUT2D eigenvalue weighted by Crippen LogP contribution is 2.19. The Morgan fingerprint density at radius 1 is 1.35 bits per heavy atom. The van der Waals surface area contributed by atoms with Crippen LogP contribution in [-0.2, 0) is 16.0 Å². The Bertz CT molecular complexity index is 695. The van der Waals surface area contributed by atoms with Gasteiger partial charge in [-0.15, -0.1) is 0 Å². The number of hydrogen-bond acceptors (Lipinski definition) is 3. The number of hydrogen-bond donors (Lipinski definition) is 4. The van der Waals surface area contributed by atoms with Crippen molar-refractivity contribution in [3.05, 3.63) is 36.0 Å². The van der Waals surface area contributed by atoms with E-state index in [-0.39, 0.29) is 5.92 Å². The lowest BCUT2D eigenvalue weighted by molar-refractivity contribution is -0.143. The predicted molar refractivity (Wildman–Crippen MR) is 89.0 cm³/mol. The first-order valence-electron chi connectivity index (χ1n) is 7.77. The zero-order valence-electron chi connectivity index (χ0n) is 13.4. The van der Waals surface area contributed by atoms with Crippen LogP contribution in [0.15, 0.2) is 30.5 Å². The molecule has 23 heavy (non-hydrogen) atoms. The molecule has 1 amide bonds. The number of nitrogens with two attached hydrogens (primary N) is 1. The van der Waals surface area contributed by atoms with Crippen LogP contribution >= 0.6 is 0 Å². The van der Waals surface area contributed by atoms with Gasteiger partial charge in [0.05, 0.1) is 6.04 Å². The summed E-state index contributed by atoms with van der Waals surface area (Å²) in [6.07, 6.45) is 2.85. The highest BCUT2D eigenvalue weighted by atomic mass is 16.4. The van der Waals surface area contributed by atoms with E-state index in [0.717, 1.165) is 16.5 Å². The number of rotatable bonds is 7. The van der Waals surface area contributed by atoms with Crippen molar-refractivity contribution in [2.45, 2.75) is 38.8 Å². The summed E-state index contributed by atoms with van der Waals surface area (Å²) < 4.78 is 0. The minimum absolute atomic E-state index is 0.156. The van der Waals surface area contributed by atoms with Crippen molar-refractivity contribution < 1.29 is 14.7 Å². The third-order valence-electron chi connectivity index (χ3n) is 4.23. The van der Waals surface area contributed by atoms with Gasteiger partial charge in [-0.05, 0) is 24.0 Å². The number of aromatic amines is 1. The molecule has 1 aromatic carbocycles. The van der Waals surface area contributed by atoms with E-state index in [1.807, 2.05) is 37.4 Å². The van der Waals surface area contributed by atoms with Gasteiger partial charge in [0.1, 0.15) is 6.04 Å². The van der Waals surface area contributed by atoms with E-state index in [1.54, 1.807) is 6.92 Å². The zero-order valence-corrected chi connectivity index (χ0v) is 13.4. The van der Waals surface area contributed by atoms with Crippen LogP contribution in [0.5, 0.6) is 0 Å². The maximum atomic E-state index is 12.2. The normalized spacial score (nSPS) is 15.1. The molecule has 6 heteroatoms. The fourth-order valence-electron chi connectivity index (χ4n) is 2.57. The molecular weight excluding hydrogens is 294 g/mol. The second-order valence-electron chi connectivity index (χ2n) is 5.88. The van der Waals surface area contributed by atoms with Gasteiger partial charge >= 0.3 is 5.97 Å². The van der Waals surface area contributed by atoms with E-state index in [9.17, 15) is 14.7 Å². The van der Waals surface area contributed by atoms with Gasteiger partial charge in [0.25, 0.3) is 0 Å². The Hall–Kier alpha value is -2.34. The molecule has 3 unspecified atom stereocenters. The summed E-state index contributed by atoms with van der Waals surface area (Å²) in [7, 11) is 0. The standard InChI is InChI=1S/C17H23N3O3/c1-3-10(2)15(17(22)23)20-16(21)13(18)8-11-9-19-14-7-5-4-6-12(11)14/h4-7,9-10,13,15,19H,3,8,18H2,1-2H3,(H,20,21)(H,22,23). The first kappa shape index (κ1) is 17.0. The van der Waals surface area contributed by atoms with Gasteiger partial charge in [0, 0.05) is 17.1 Å². The average molecular weight is 317 g/mol. The summed E-state index contributed by atoms with van der Waals surface area (Å²) in [5, 5.41) is 12.8. The molecule has 0 saturated carbocycles. The molecule has 0 spiro atoms. The predicted octanol–water partition coefficient (Wildman–Crippen LogP) is 1.65. The number of aliphatic carboxylic acids is 1. The number of H-pyrrole nitrogens is 1. The summed E-state index contributed by atoms with van der Waals surface area (Å²) in [4.78, 5) is 26.7. The lowest BCUT2D eigenvalue weighted by Crippen LogP contribution is -2.51. The molecule has 0 aliphatic rings. The smallest absolute Gasteiger partial charge is 0.326 e. The second kappa shape index (κ2) is 7.28. The monoisotopic (exact) mass is 317 g/mol. The second-order valence-corrected chi connectivity index (χ2v) is 5.88. The quantitative estimate of drug-likeness (QED) is 0.622. The van der Waals surface area contributed by atoms with Gasteiger partial charge < -0.3 is 21.1 Å². The lowest BCUT2D eigenvalue weighted by atomic mass is 9.98. The molecule has 5 N–H and O–H groups in total. The minimum Gasteiger partial charge on any atom is -0.480 e. The fraction of sp³-hybridized carbons (Fsp3) is 0.412. The third kappa shape index (κ3) is 3.90. The van der Waals surface area contributed by atoms with Crippen molar-refractivity contribution in [2.24, 2.45) is 11.7 Å². The maximum absolute atomic E-state index is 12.2. The van der Waals surface area contributed by atoms with E-state index in [2.05, 4.69) is 10.3 Å². The van der Waals surface area contributed by atoms with E-state index in [1.165, 1.54) is 0 Å². The number of aromatic nitrogens is 1. The van der Waals surface area contributed by atoms with E-state index < -0.39 is 24.0 Å². The Kier molecular flexibility index (Phi) is 5.39. The summed E-state index contributed by atoms with van der Waals surface area (Å²) in [5.41, 5.74) is 7.90. The van der Waals surface area contributed by atoms with Crippen molar-refractivity contribution in [3.63, 3.8) is 0 Å². The molecule has 2 rings (SSSR count). The number of para-hydroxylation sites is 1. The van der Waals surface area contributed by atoms with Crippen molar-refractivity contribution >= 4 is 22.8 Å². The van der Waals surface area contributed by atoms with Gasteiger partial charge in [-0.2, -0.15) is 0 Å². The van der Waals surface area contributed by atoms with Crippen LogP contribution in [0.2, 0.25) is 0 Å². The van der Waals surface area contributed by atoms with Crippen molar-refractivity contribution in [3.8, 4) is 0 Å². The number of fused-ring (bicyclic) bond motifs is 1. The average Bonchev–Trinajstić information content (AvgIpc) is 2.94. The molecule has 0 radical (unpaired) electrons. The van der Waals surface area contributed by atoms with Crippen LogP contribution in [0.25, 0.3) is 10.9 Å². The number of benzene rings is 1. The number of carboxylic acids is 1.